The lowest BCUT2D eigenvalue weighted by Gasteiger charge is -2.16. The van der Waals surface area contributed by atoms with Crippen LogP contribution in [0.2, 0.25) is 0 Å². The second-order valence-corrected chi connectivity index (χ2v) is 5.07. The number of nitrogens with zero attached hydrogens (tertiary/aromatic N) is 3. The predicted molar refractivity (Wildman–Crippen MR) is 76.2 cm³/mol. The van der Waals surface area contributed by atoms with E-state index in [1.807, 2.05) is 28.8 Å². The third-order valence-electron chi connectivity index (χ3n) is 3.67. The largest absolute Gasteiger partial charge is 0.355 e. The summed E-state index contributed by atoms with van der Waals surface area (Å²) in [4.78, 5) is 12.0. The van der Waals surface area contributed by atoms with Crippen molar-refractivity contribution in [3.05, 3.63) is 42.4 Å². The van der Waals surface area contributed by atoms with Gasteiger partial charge in [0.25, 0.3) is 0 Å². The van der Waals surface area contributed by atoms with Crippen molar-refractivity contribution in [2.75, 3.05) is 6.54 Å². The number of carbonyl (C=O) groups excluding carboxylic acids is 1. The maximum atomic E-state index is 12.0. The fraction of sp³-hybridized carbons (Fsp3) is 0.400. The van der Waals surface area contributed by atoms with Crippen LogP contribution in [0.5, 0.6) is 0 Å². The number of rotatable bonds is 4. The van der Waals surface area contributed by atoms with Gasteiger partial charge in [0.1, 0.15) is 5.82 Å². The van der Waals surface area contributed by atoms with Crippen molar-refractivity contribution < 1.29 is 4.79 Å². The molecule has 2 heterocycles. The van der Waals surface area contributed by atoms with E-state index in [9.17, 15) is 4.79 Å². The number of hydrogen-bond acceptors (Lipinski definition) is 3. The van der Waals surface area contributed by atoms with Crippen LogP contribution in [0, 0.1) is 5.92 Å². The summed E-state index contributed by atoms with van der Waals surface area (Å²) in [7, 11) is 0. The average molecular weight is 270 g/mol. The topological polar surface area (TPSA) is 59.3 Å². The summed E-state index contributed by atoms with van der Waals surface area (Å²) < 4.78 is 1.95. The van der Waals surface area contributed by atoms with E-state index in [-0.39, 0.29) is 11.8 Å². The number of pyridine rings is 1. The van der Waals surface area contributed by atoms with Crippen LogP contribution in [-0.4, -0.2) is 27.0 Å². The number of aromatic nitrogens is 3. The van der Waals surface area contributed by atoms with Crippen molar-refractivity contribution in [3.8, 4) is 0 Å². The smallest absolute Gasteiger partial charge is 0.223 e. The van der Waals surface area contributed by atoms with Gasteiger partial charge in [-0.05, 0) is 31.4 Å². The summed E-state index contributed by atoms with van der Waals surface area (Å²) in [5.41, 5.74) is 0.839. The van der Waals surface area contributed by atoms with Crippen LogP contribution < -0.4 is 5.32 Å². The molecule has 2 aromatic rings. The van der Waals surface area contributed by atoms with Crippen LogP contribution >= 0.6 is 0 Å². The van der Waals surface area contributed by atoms with Crippen molar-refractivity contribution >= 4 is 11.6 Å². The molecule has 1 atom stereocenters. The minimum absolute atomic E-state index is 0.134. The van der Waals surface area contributed by atoms with E-state index >= 15 is 0 Å². The van der Waals surface area contributed by atoms with E-state index < -0.39 is 0 Å². The molecule has 5 nitrogen and oxygen atoms in total. The van der Waals surface area contributed by atoms with Crippen molar-refractivity contribution in [2.24, 2.45) is 5.92 Å². The molecule has 0 aromatic carbocycles. The number of hydrogen-bond donors (Lipinski definition) is 1. The molecule has 104 valence electrons. The minimum atomic E-state index is 0.134. The van der Waals surface area contributed by atoms with Crippen LogP contribution in [0.3, 0.4) is 0 Å². The molecule has 1 unspecified atom stereocenters. The Morgan fingerprint density at radius 2 is 2.30 bits per heavy atom. The van der Waals surface area contributed by atoms with Crippen LogP contribution in [-0.2, 0) is 11.2 Å². The zero-order chi connectivity index (χ0) is 13.8. The highest BCUT2D eigenvalue weighted by Gasteiger charge is 2.18. The third-order valence-corrected chi connectivity index (χ3v) is 3.67. The Balaban J connectivity index is 1.54. The number of carbonyl (C=O) groups is 1. The van der Waals surface area contributed by atoms with Crippen molar-refractivity contribution in [1.82, 2.24) is 19.9 Å². The van der Waals surface area contributed by atoms with Gasteiger partial charge in [0.2, 0.25) is 5.91 Å². The minimum Gasteiger partial charge on any atom is -0.355 e. The van der Waals surface area contributed by atoms with Crippen molar-refractivity contribution in [1.29, 1.82) is 0 Å². The predicted octanol–water partition coefficient (Wildman–Crippen LogP) is 1.74. The number of amides is 1. The molecule has 1 aliphatic rings. The second kappa shape index (κ2) is 5.86. The van der Waals surface area contributed by atoms with E-state index in [2.05, 4.69) is 27.7 Å². The molecule has 2 aromatic heterocycles. The fourth-order valence-electron chi connectivity index (χ4n) is 2.53. The summed E-state index contributed by atoms with van der Waals surface area (Å²) in [6, 6.07) is 5.81. The van der Waals surface area contributed by atoms with Crippen molar-refractivity contribution in [3.63, 3.8) is 0 Å². The number of nitrogens with one attached hydrogen (secondary N) is 1. The first kappa shape index (κ1) is 12.8. The van der Waals surface area contributed by atoms with Gasteiger partial charge in [0, 0.05) is 25.1 Å². The molecule has 1 amide bonds. The zero-order valence-corrected chi connectivity index (χ0v) is 11.3. The Hall–Kier alpha value is -2.17. The van der Waals surface area contributed by atoms with E-state index in [1.165, 1.54) is 0 Å². The first-order chi connectivity index (χ1) is 9.84. The molecule has 0 radical (unpaired) electrons. The van der Waals surface area contributed by atoms with Gasteiger partial charge in [-0.2, -0.15) is 0 Å². The van der Waals surface area contributed by atoms with E-state index in [0.29, 0.717) is 13.0 Å². The lowest BCUT2D eigenvalue weighted by atomic mass is 9.94. The average Bonchev–Trinajstić information content (AvgIpc) is 2.92. The molecule has 0 saturated heterocycles. The highest BCUT2D eigenvalue weighted by atomic mass is 16.1. The second-order valence-electron chi connectivity index (χ2n) is 5.07. The first-order valence-corrected chi connectivity index (χ1v) is 7.06. The summed E-state index contributed by atoms with van der Waals surface area (Å²) in [6.45, 7) is 0.606. The standard InChI is InChI=1S/C15H18N4O/c20-15(12-6-2-1-3-7-12)16-10-9-14-18-17-13-8-4-5-11-19(13)14/h1-2,4-5,8,11-12H,3,6-7,9-10H2,(H,16,20). The van der Waals surface area contributed by atoms with Gasteiger partial charge in [-0.3, -0.25) is 9.20 Å². The molecule has 0 spiro atoms. The van der Waals surface area contributed by atoms with Gasteiger partial charge in [0.15, 0.2) is 5.65 Å². The number of allylic oxidation sites excluding steroid dienone is 2. The first-order valence-electron chi connectivity index (χ1n) is 7.06. The van der Waals surface area contributed by atoms with Crippen LogP contribution in [0.1, 0.15) is 25.1 Å². The van der Waals surface area contributed by atoms with Gasteiger partial charge in [-0.25, -0.2) is 0 Å². The maximum absolute atomic E-state index is 12.0. The molecule has 0 aliphatic heterocycles. The van der Waals surface area contributed by atoms with Gasteiger partial charge in [0.05, 0.1) is 0 Å². The maximum Gasteiger partial charge on any atom is 0.223 e. The summed E-state index contributed by atoms with van der Waals surface area (Å²) in [5.74, 6) is 1.17. The van der Waals surface area contributed by atoms with Gasteiger partial charge >= 0.3 is 0 Å². The zero-order valence-electron chi connectivity index (χ0n) is 11.3. The lowest BCUT2D eigenvalue weighted by molar-refractivity contribution is -0.125. The molecule has 3 rings (SSSR count). The number of fused-ring (bicyclic) bond motifs is 1. The molecule has 1 aliphatic carbocycles. The Morgan fingerprint density at radius 3 is 3.15 bits per heavy atom. The third kappa shape index (κ3) is 2.71. The molecule has 0 fully saturated rings. The highest BCUT2D eigenvalue weighted by Crippen LogP contribution is 2.17. The fourth-order valence-corrected chi connectivity index (χ4v) is 2.53. The quantitative estimate of drug-likeness (QED) is 0.861. The molecule has 5 heteroatoms. The van der Waals surface area contributed by atoms with Crippen LogP contribution in [0.25, 0.3) is 5.65 Å². The van der Waals surface area contributed by atoms with Gasteiger partial charge < -0.3 is 5.32 Å². The SMILES string of the molecule is O=C(NCCc1nnc2ccccn12)C1CC=CCC1. The van der Waals surface area contributed by atoms with E-state index in [0.717, 1.165) is 30.7 Å². The Labute approximate surface area is 117 Å². The molecular weight excluding hydrogens is 252 g/mol. The normalized spacial score (nSPS) is 18.3. The Morgan fingerprint density at radius 1 is 1.35 bits per heavy atom. The molecule has 0 saturated carbocycles. The van der Waals surface area contributed by atoms with Crippen LogP contribution in [0.4, 0.5) is 0 Å². The lowest BCUT2D eigenvalue weighted by Crippen LogP contribution is -2.32. The molecule has 20 heavy (non-hydrogen) atoms. The summed E-state index contributed by atoms with van der Waals surface area (Å²) >= 11 is 0. The summed E-state index contributed by atoms with van der Waals surface area (Å²) in [5, 5.41) is 11.3. The van der Waals surface area contributed by atoms with E-state index in [1.54, 1.807) is 0 Å². The molecule has 0 bridgehead atoms. The molecule has 1 N–H and O–H groups in total. The van der Waals surface area contributed by atoms with E-state index in [4.69, 9.17) is 0 Å². The van der Waals surface area contributed by atoms with Gasteiger partial charge in [-0.1, -0.05) is 18.2 Å². The summed E-state index contributed by atoms with van der Waals surface area (Å²) in [6.07, 6.45) is 9.70. The molecular formula is C15H18N4O. The highest BCUT2D eigenvalue weighted by molar-refractivity contribution is 5.78. The Kier molecular flexibility index (Phi) is 3.76. The van der Waals surface area contributed by atoms with Gasteiger partial charge in [-0.15, -0.1) is 10.2 Å². The monoisotopic (exact) mass is 270 g/mol. The van der Waals surface area contributed by atoms with Crippen LogP contribution in [0.15, 0.2) is 36.5 Å². The Bertz CT molecular complexity index is 632. The van der Waals surface area contributed by atoms with Crippen molar-refractivity contribution in [2.45, 2.75) is 25.7 Å².